The van der Waals surface area contributed by atoms with Crippen molar-refractivity contribution in [1.29, 1.82) is 0 Å². The lowest BCUT2D eigenvalue weighted by Crippen LogP contribution is -2.48. The van der Waals surface area contributed by atoms with E-state index < -0.39 is 0 Å². The number of nitrogens with one attached hydrogen (secondary N) is 1. The van der Waals surface area contributed by atoms with Gasteiger partial charge in [-0.05, 0) is 37.4 Å². The van der Waals surface area contributed by atoms with E-state index in [0.717, 1.165) is 44.5 Å². The van der Waals surface area contributed by atoms with Crippen LogP contribution in [0.2, 0.25) is 0 Å². The number of aromatic nitrogens is 1. The third-order valence-corrected chi connectivity index (χ3v) is 4.08. The molecular formula is C15H24N4. The highest BCUT2D eigenvalue weighted by Gasteiger charge is 2.21. The van der Waals surface area contributed by atoms with Crippen LogP contribution in [0.15, 0.2) is 24.4 Å². The zero-order chi connectivity index (χ0) is 12.9. The number of piperazine rings is 1. The highest BCUT2D eigenvalue weighted by molar-refractivity contribution is 5.38. The number of pyridine rings is 1. The summed E-state index contributed by atoms with van der Waals surface area (Å²) in [6, 6.07) is 6.15. The van der Waals surface area contributed by atoms with Crippen LogP contribution in [0.25, 0.3) is 0 Å². The predicted octanol–water partition coefficient (Wildman–Crippen LogP) is 1.20. The first kappa shape index (κ1) is 12.9. The molecule has 2 heterocycles. The number of hydrogen-bond acceptors (Lipinski definition) is 4. The van der Waals surface area contributed by atoms with Crippen LogP contribution in [-0.2, 0) is 0 Å². The summed E-state index contributed by atoms with van der Waals surface area (Å²) >= 11 is 0. The van der Waals surface area contributed by atoms with E-state index in [-0.39, 0.29) is 0 Å². The van der Waals surface area contributed by atoms with Gasteiger partial charge in [-0.15, -0.1) is 0 Å². The minimum atomic E-state index is 0.987. The van der Waals surface area contributed by atoms with Gasteiger partial charge in [0.1, 0.15) is 5.82 Å². The summed E-state index contributed by atoms with van der Waals surface area (Å²) in [6.07, 6.45) is 4.76. The average Bonchev–Trinajstić information content (AvgIpc) is 3.29. The Kier molecular flexibility index (Phi) is 4.30. The zero-order valence-corrected chi connectivity index (χ0v) is 11.6. The van der Waals surface area contributed by atoms with E-state index >= 15 is 0 Å². The van der Waals surface area contributed by atoms with E-state index in [0.29, 0.717) is 0 Å². The van der Waals surface area contributed by atoms with E-state index in [1.54, 1.807) is 0 Å². The maximum atomic E-state index is 4.42. The average molecular weight is 260 g/mol. The molecule has 0 bridgehead atoms. The summed E-state index contributed by atoms with van der Waals surface area (Å²) < 4.78 is 0. The molecular weight excluding hydrogens is 236 g/mol. The summed E-state index contributed by atoms with van der Waals surface area (Å²) in [7, 11) is 0. The Morgan fingerprint density at radius 2 is 2.00 bits per heavy atom. The van der Waals surface area contributed by atoms with Crippen molar-refractivity contribution in [2.45, 2.75) is 12.8 Å². The second-order valence-electron chi connectivity index (χ2n) is 5.66. The molecule has 1 aromatic heterocycles. The maximum Gasteiger partial charge on any atom is 0.128 e. The van der Waals surface area contributed by atoms with Crippen molar-refractivity contribution in [3.63, 3.8) is 0 Å². The SMILES string of the molecule is c1ccc(N2CCN(CCNCC3CC3)CC2)nc1. The number of hydrogen-bond donors (Lipinski definition) is 1. The third-order valence-electron chi connectivity index (χ3n) is 4.08. The standard InChI is InChI=1S/C15H24N4/c1-2-6-17-15(3-1)19-11-9-18(10-12-19)8-7-16-13-14-4-5-14/h1-3,6,14,16H,4-5,7-13H2. The first-order valence-corrected chi connectivity index (χ1v) is 7.51. The predicted molar refractivity (Wildman–Crippen MR) is 78.5 cm³/mol. The van der Waals surface area contributed by atoms with Crippen LogP contribution < -0.4 is 10.2 Å². The highest BCUT2D eigenvalue weighted by Crippen LogP contribution is 2.27. The summed E-state index contributed by atoms with van der Waals surface area (Å²) in [5.74, 6) is 2.11. The van der Waals surface area contributed by atoms with Crippen molar-refractivity contribution >= 4 is 5.82 Å². The van der Waals surface area contributed by atoms with Crippen LogP contribution >= 0.6 is 0 Å². The van der Waals surface area contributed by atoms with Crippen LogP contribution in [0.3, 0.4) is 0 Å². The molecule has 0 radical (unpaired) electrons. The lowest BCUT2D eigenvalue weighted by Gasteiger charge is -2.35. The molecule has 1 saturated heterocycles. The molecule has 0 aromatic carbocycles. The Hall–Kier alpha value is -1.13. The molecule has 1 aromatic rings. The highest BCUT2D eigenvalue weighted by atomic mass is 15.3. The van der Waals surface area contributed by atoms with Gasteiger partial charge in [-0.3, -0.25) is 4.90 Å². The molecule has 0 unspecified atom stereocenters. The van der Waals surface area contributed by atoms with E-state index in [1.165, 1.54) is 25.9 Å². The lowest BCUT2D eigenvalue weighted by atomic mass is 10.3. The molecule has 19 heavy (non-hydrogen) atoms. The molecule has 4 heteroatoms. The van der Waals surface area contributed by atoms with Crippen LogP contribution in [-0.4, -0.2) is 55.7 Å². The van der Waals surface area contributed by atoms with Gasteiger partial charge in [-0.25, -0.2) is 4.98 Å². The molecule has 1 saturated carbocycles. The van der Waals surface area contributed by atoms with Gasteiger partial charge in [-0.1, -0.05) is 6.07 Å². The number of rotatable bonds is 6. The Labute approximate surface area is 115 Å². The molecule has 1 aliphatic carbocycles. The van der Waals surface area contributed by atoms with Crippen molar-refractivity contribution < 1.29 is 0 Å². The maximum absolute atomic E-state index is 4.42. The molecule has 1 aliphatic heterocycles. The first-order chi connectivity index (χ1) is 9.42. The van der Waals surface area contributed by atoms with Gasteiger partial charge < -0.3 is 10.2 Å². The van der Waals surface area contributed by atoms with Crippen LogP contribution in [0.5, 0.6) is 0 Å². The van der Waals surface area contributed by atoms with Gasteiger partial charge in [0.05, 0.1) is 0 Å². The molecule has 2 aliphatic rings. The Bertz CT molecular complexity index is 369. The third kappa shape index (κ3) is 3.91. The van der Waals surface area contributed by atoms with Crippen LogP contribution in [0, 0.1) is 5.92 Å². The molecule has 0 spiro atoms. The summed E-state index contributed by atoms with van der Waals surface area (Å²) in [5.41, 5.74) is 0. The fourth-order valence-electron chi connectivity index (χ4n) is 2.61. The van der Waals surface area contributed by atoms with Gasteiger partial charge in [0.25, 0.3) is 0 Å². The summed E-state index contributed by atoms with van der Waals surface area (Å²) in [4.78, 5) is 9.36. The van der Waals surface area contributed by atoms with E-state index in [2.05, 4.69) is 32.2 Å². The van der Waals surface area contributed by atoms with Gasteiger partial charge >= 0.3 is 0 Å². The fourth-order valence-corrected chi connectivity index (χ4v) is 2.61. The Morgan fingerprint density at radius 1 is 1.16 bits per heavy atom. The van der Waals surface area contributed by atoms with Gasteiger partial charge in [0, 0.05) is 45.5 Å². The van der Waals surface area contributed by atoms with Crippen LogP contribution in [0.1, 0.15) is 12.8 Å². The van der Waals surface area contributed by atoms with Crippen molar-refractivity contribution in [3.05, 3.63) is 24.4 Å². The zero-order valence-electron chi connectivity index (χ0n) is 11.6. The Balaban J connectivity index is 1.34. The monoisotopic (exact) mass is 260 g/mol. The summed E-state index contributed by atoms with van der Waals surface area (Å²) in [5, 5.41) is 3.57. The van der Waals surface area contributed by atoms with Crippen molar-refractivity contribution in [3.8, 4) is 0 Å². The van der Waals surface area contributed by atoms with Gasteiger partial charge in [0.15, 0.2) is 0 Å². The first-order valence-electron chi connectivity index (χ1n) is 7.51. The minimum Gasteiger partial charge on any atom is -0.354 e. The number of nitrogens with zero attached hydrogens (tertiary/aromatic N) is 3. The molecule has 4 nitrogen and oxygen atoms in total. The molecule has 1 N–H and O–H groups in total. The molecule has 3 rings (SSSR count). The second-order valence-corrected chi connectivity index (χ2v) is 5.66. The normalized spacial score (nSPS) is 20.7. The second kappa shape index (κ2) is 6.35. The van der Waals surface area contributed by atoms with E-state index in [9.17, 15) is 0 Å². The fraction of sp³-hybridized carbons (Fsp3) is 0.667. The van der Waals surface area contributed by atoms with Crippen molar-refractivity contribution in [1.82, 2.24) is 15.2 Å². The summed E-state index contributed by atoms with van der Waals surface area (Å²) in [6.45, 7) is 8.05. The smallest absolute Gasteiger partial charge is 0.128 e. The van der Waals surface area contributed by atoms with Gasteiger partial charge in [0.2, 0.25) is 0 Å². The topological polar surface area (TPSA) is 31.4 Å². The lowest BCUT2D eigenvalue weighted by molar-refractivity contribution is 0.257. The molecule has 0 amide bonds. The molecule has 0 atom stereocenters. The van der Waals surface area contributed by atoms with E-state index in [1.807, 2.05) is 12.3 Å². The number of anilines is 1. The van der Waals surface area contributed by atoms with E-state index in [4.69, 9.17) is 0 Å². The van der Waals surface area contributed by atoms with Gasteiger partial charge in [-0.2, -0.15) is 0 Å². The molecule has 104 valence electrons. The van der Waals surface area contributed by atoms with Crippen molar-refractivity contribution in [2.75, 3.05) is 50.7 Å². The minimum absolute atomic E-state index is 0.987. The Morgan fingerprint density at radius 3 is 2.68 bits per heavy atom. The van der Waals surface area contributed by atoms with Crippen LogP contribution in [0.4, 0.5) is 5.82 Å². The molecule has 2 fully saturated rings. The van der Waals surface area contributed by atoms with Crippen molar-refractivity contribution in [2.24, 2.45) is 5.92 Å². The quantitative estimate of drug-likeness (QED) is 0.779. The largest absolute Gasteiger partial charge is 0.354 e.